The first kappa shape index (κ1) is 18.6. The predicted molar refractivity (Wildman–Crippen MR) is 102 cm³/mol. The smallest absolute Gasteiger partial charge is 0.326 e. The third-order valence-corrected chi connectivity index (χ3v) is 5.99. The summed E-state index contributed by atoms with van der Waals surface area (Å²) in [5.41, 5.74) is 2.66. The van der Waals surface area contributed by atoms with Crippen LogP contribution in [0.15, 0.2) is 29.3 Å². The number of carbonyl (C=O) groups excluding carboxylic acids is 1. The van der Waals surface area contributed by atoms with Gasteiger partial charge < -0.3 is 9.67 Å². The number of aromatic nitrogens is 1. The Labute approximate surface area is 157 Å². The van der Waals surface area contributed by atoms with Gasteiger partial charge in [0.05, 0.1) is 0 Å². The molecule has 0 spiro atoms. The monoisotopic (exact) mass is 372 g/mol. The third-order valence-electron chi connectivity index (χ3n) is 4.83. The van der Waals surface area contributed by atoms with E-state index in [2.05, 4.69) is 4.99 Å². The molecule has 5 nitrogen and oxygen atoms in total. The van der Waals surface area contributed by atoms with Gasteiger partial charge in [0.15, 0.2) is 4.80 Å². The average molecular weight is 372 g/mol. The number of carboxylic acids is 1. The Bertz CT molecular complexity index is 877. The van der Waals surface area contributed by atoms with Crippen LogP contribution in [0.25, 0.3) is 0 Å². The Morgan fingerprint density at radius 2 is 1.88 bits per heavy atom. The second-order valence-corrected chi connectivity index (χ2v) is 7.79. The van der Waals surface area contributed by atoms with Crippen molar-refractivity contribution in [2.45, 2.75) is 58.4 Å². The van der Waals surface area contributed by atoms with Gasteiger partial charge in [0.1, 0.15) is 6.04 Å². The third kappa shape index (κ3) is 3.80. The Hall–Kier alpha value is -2.21. The molecule has 0 radical (unpaired) electrons. The van der Waals surface area contributed by atoms with E-state index in [4.69, 9.17) is 0 Å². The topological polar surface area (TPSA) is 71.7 Å². The van der Waals surface area contributed by atoms with Crippen LogP contribution in [0.5, 0.6) is 0 Å². The lowest BCUT2D eigenvalue weighted by Gasteiger charge is -2.16. The first-order chi connectivity index (χ1) is 12.5. The lowest BCUT2D eigenvalue weighted by Crippen LogP contribution is -2.29. The summed E-state index contributed by atoms with van der Waals surface area (Å²) in [6, 6.07) is 6.61. The Kier molecular flexibility index (Phi) is 5.71. The summed E-state index contributed by atoms with van der Waals surface area (Å²) in [5, 5.41) is 9.68. The van der Waals surface area contributed by atoms with Crippen LogP contribution in [0.4, 0.5) is 0 Å². The van der Waals surface area contributed by atoms with Crippen LogP contribution in [-0.2, 0) is 17.6 Å². The van der Waals surface area contributed by atoms with Crippen molar-refractivity contribution in [1.29, 1.82) is 0 Å². The highest BCUT2D eigenvalue weighted by Crippen LogP contribution is 2.26. The zero-order valence-corrected chi connectivity index (χ0v) is 16.0. The molecule has 1 atom stereocenters. The van der Waals surface area contributed by atoms with Crippen molar-refractivity contribution >= 4 is 23.2 Å². The number of fused-ring (bicyclic) bond motifs is 1. The van der Waals surface area contributed by atoms with Crippen molar-refractivity contribution in [3.63, 3.8) is 0 Å². The van der Waals surface area contributed by atoms with Crippen molar-refractivity contribution in [3.05, 3.63) is 50.8 Å². The van der Waals surface area contributed by atoms with Gasteiger partial charge in [-0.1, -0.05) is 31.0 Å². The summed E-state index contributed by atoms with van der Waals surface area (Å²) in [4.78, 5) is 30.4. The van der Waals surface area contributed by atoms with E-state index in [9.17, 15) is 14.7 Å². The molecule has 26 heavy (non-hydrogen) atoms. The van der Waals surface area contributed by atoms with E-state index in [1.54, 1.807) is 16.7 Å². The van der Waals surface area contributed by atoms with Crippen LogP contribution in [-0.4, -0.2) is 21.6 Å². The van der Waals surface area contributed by atoms with Crippen LogP contribution in [0.2, 0.25) is 0 Å². The fourth-order valence-corrected chi connectivity index (χ4v) is 4.64. The Morgan fingerprint density at radius 3 is 2.54 bits per heavy atom. The van der Waals surface area contributed by atoms with Crippen LogP contribution in [0.1, 0.15) is 65.1 Å². The van der Waals surface area contributed by atoms with Crippen molar-refractivity contribution in [2.75, 3.05) is 0 Å². The fourth-order valence-electron chi connectivity index (χ4n) is 3.39. The highest BCUT2D eigenvalue weighted by Gasteiger charge is 2.25. The molecule has 1 unspecified atom stereocenters. The zero-order chi connectivity index (χ0) is 18.7. The normalized spacial score (nSPS) is 16.0. The molecular weight excluding hydrogens is 348 g/mol. The number of aliphatic carboxylic acids is 1. The molecule has 1 aliphatic rings. The molecule has 1 heterocycles. The van der Waals surface area contributed by atoms with Crippen LogP contribution in [0, 0.1) is 6.92 Å². The molecule has 2 aromatic rings. The fraction of sp³-hybridized carbons (Fsp3) is 0.450. The second-order valence-electron chi connectivity index (χ2n) is 6.73. The summed E-state index contributed by atoms with van der Waals surface area (Å²) in [6.45, 7) is 3.83. The molecule has 3 rings (SSSR count). The zero-order valence-electron chi connectivity index (χ0n) is 15.2. The highest BCUT2D eigenvalue weighted by atomic mass is 32.1. The van der Waals surface area contributed by atoms with E-state index >= 15 is 0 Å². The molecule has 6 heteroatoms. The maximum Gasteiger partial charge on any atom is 0.326 e. The van der Waals surface area contributed by atoms with Crippen molar-refractivity contribution in [1.82, 2.24) is 4.57 Å². The first-order valence-corrected chi connectivity index (χ1v) is 9.94. The minimum absolute atomic E-state index is 0.324. The molecule has 138 valence electrons. The molecule has 1 aliphatic carbocycles. The number of hydrogen-bond acceptors (Lipinski definition) is 3. The molecule has 1 aromatic carbocycles. The summed E-state index contributed by atoms with van der Waals surface area (Å²) >= 11 is 1.47. The van der Waals surface area contributed by atoms with Crippen LogP contribution in [0.3, 0.4) is 0 Å². The van der Waals surface area contributed by atoms with Gasteiger partial charge in [-0.15, -0.1) is 11.3 Å². The van der Waals surface area contributed by atoms with E-state index in [1.165, 1.54) is 16.2 Å². The van der Waals surface area contributed by atoms with Gasteiger partial charge >= 0.3 is 5.97 Å². The van der Waals surface area contributed by atoms with Gasteiger partial charge in [-0.3, -0.25) is 4.79 Å². The standard InChI is InChI=1S/C20H24N2O3S/c1-3-15(19(24)25)22-16-7-5-4-6-8-17(16)26-20(22)21-18(23)14-11-9-13(2)10-12-14/h9-12,15H,3-8H2,1-2H3,(H,24,25). The lowest BCUT2D eigenvalue weighted by molar-refractivity contribution is -0.141. The maximum absolute atomic E-state index is 12.6. The van der Waals surface area contributed by atoms with Crippen molar-refractivity contribution < 1.29 is 14.7 Å². The number of benzene rings is 1. The molecule has 0 fully saturated rings. The molecule has 1 amide bonds. The first-order valence-electron chi connectivity index (χ1n) is 9.13. The number of carboxylic acid groups (broad SMARTS) is 1. The van der Waals surface area contributed by atoms with E-state index in [0.717, 1.165) is 43.4 Å². The molecule has 1 aromatic heterocycles. The van der Waals surface area contributed by atoms with Crippen LogP contribution < -0.4 is 4.80 Å². The largest absolute Gasteiger partial charge is 0.480 e. The summed E-state index contributed by atoms with van der Waals surface area (Å²) in [7, 11) is 0. The van der Waals surface area contributed by atoms with Crippen molar-refractivity contribution in [3.8, 4) is 0 Å². The SMILES string of the molecule is CCC(C(=O)O)n1c2c(sc1=NC(=O)c1ccc(C)cc1)CCCCC2. The summed E-state index contributed by atoms with van der Waals surface area (Å²) < 4.78 is 1.81. The molecule has 0 saturated carbocycles. The molecule has 0 bridgehead atoms. The number of rotatable bonds is 4. The van der Waals surface area contributed by atoms with Gasteiger partial charge in [0.25, 0.3) is 5.91 Å². The minimum Gasteiger partial charge on any atom is -0.480 e. The predicted octanol–water partition coefficient (Wildman–Crippen LogP) is 3.90. The molecule has 1 N–H and O–H groups in total. The number of carbonyl (C=O) groups is 2. The number of aryl methyl sites for hydroxylation is 2. The summed E-state index contributed by atoms with van der Waals surface area (Å²) in [5.74, 6) is -1.20. The summed E-state index contributed by atoms with van der Waals surface area (Å²) in [6.07, 6.45) is 5.55. The Balaban J connectivity index is 2.12. The molecular formula is C20H24N2O3S. The maximum atomic E-state index is 12.6. The second kappa shape index (κ2) is 7.99. The van der Waals surface area contributed by atoms with Crippen molar-refractivity contribution in [2.24, 2.45) is 4.99 Å². The van der Waals surface area contributed by atoms with E-state index in [-0.39, 0.29) is 5.91 Å². The number of amides is 1. The highest BCUT2D eigenvalue weighted by molar-refractivity contribution is 7.09. The molecule has 0 saturated heterocycles. The minimum atomic E-state index is -0.874. The van der Waals surface area contributed by atoms with Gasteiger partial charge in [-0.25, -0.2) is 4.79 Å². The van der Waals surface area contributed by atoms with E-state index in [1.807, 2.05) is 26.0 Å². The Morgan fingerprint density at radius 1 is 1.19 bits per heavy atom. The quantitative estimate of drug-likeness (QED) is 0.827. The lowest BCUT2D eigenvalue weighted by atomic mass is 10.1. The molecule has 0 aliphatic heterocycles. The number of nitrogens with zero attached hydrogens (tertiary/aromatic N) is 2. The average Bonchev–Trinajstić information content (AvgIpc) is 2.79. The van der Waals surface area contributed by atoms with Gasteiger partial charge in [-0.05, 0) is 51.2 Å². The number of thiazole rings is 1. The van der Waals surface area contributed by atoms with E-state index in [0.29, 0.717) is 16.8 Å². The van der Waals surface area contributed by atoms with Gasteiger partial charge in [0.2, 0.25) is 0 Å². The van der Waals surface area contributed by atoms with Gasteiger partial charge in [-0.2, -0.15) is 4.99 Å². The number of hydrogen-bond donors (Lipinski definition) is 1. The van der Waals surface area contributed by atoms with E-state index < -0.39 is 12.0 Å². The van der Waals surface area contributed by atoms with Crippen LogP contribution >= 0.6 is 11.3 Å². The van der Waals surface area contributed by atoms with Gasteiger partial charge in [0, 0.05) is 16.1 Å².